The number of nitrogens with one attached hydrogen (secondary N) is 2. The first-order valence-corrected chi connectivity index (χ1v) is 11.7. The Morgan fingerprint density at radius 1 is 0.933 bits per heavy atom. The normalized spacial score (nSPS) is 12.5. The van der Waals surface area contributed by atoms with E-state index in [1.54, 1.807) is 18.9 Å². The predicted molar refractivity (Wildman–Crippen MR) is 124 cm³/mol. The maximum atomic E-state index is 12.4. The number of carbonyl (C=O) groups excluding carboxylic acids is 3. The van der Waals surface area contributed by atoms with Crippen LogP contribution in [-0.4, -0.2) is 49.3 Å². The summed E-state index contributed by atoms with van der Waals surface area (Å²) in [4.78, 5) is 36.5. The van der Waals surface area contributed by atoms with E-state index in [1.165, 1.54) is 51.4 Å². The van der Waals surface area contributed by atoms with E-state index in [2.05, 4.69) is 17.6 Å². The fourth-order valence-corrected chi connectivity index (χ4v) is 3.46. The highest BCUT2D eigenvalue weighted by Crippen LogP contribution is 2.14. The van der Waals surface area contributed by atoms with Crippen LogP contribution in [0.2, 0.25) is 0 Å². The average molecular weight is 424 g/mol. The number of hydrogen-bond acceptors (Lipinski definition) is 3. The third-order valence-corrected chi connectivity index (χ3v) is 5.46. The van der Waals surface area contributed by atoms with E-state index in [1.807, 2.05) is 19.9 Å². The molecule has 2 N–H and O–H groups in total. The molecule has 3 amide bonds. The second-order valence-electron chi connectivity index (χ2n) is 8.53. The molecule has 0 rings (SSSR count). The summed E-state index contributed by atoms with van der Waals surface area (Å²) in [5, 5.41) is 5.38. The molecule has 0 unspecified atom stereocenters. The lowest BCUT2D eigenvalue weighted by molar-refractivity contribution is -0.132. The molecule has 6 nitrogen and oxygen atoms in total. The van der Waals surface area contributed by atoms with Crippen LogP contribution in [0, 0.1) is 5.92 Å². The summed E-state index contributed by atoms with van der Waals surface area (Å²) in [6.45, 7) is 8.69. The molecule has 0 aliphatic rings. The van der Waals surface area contributed by atoms with E-state index in [9.17, 15) is 14.4 Å². The van der Waals surface area contributed by atoms with Crippen LogP contribution < -0.4 is 10.6 Å². The van der Waals surface area contributed by atoms with Crippen LogP contribution in [0.5, 0.6) is 0 Å². The molecule has 0 heterocycles. The van der Waals surface area contributed by atoms with E-state index in [0.717, 1.165) is 12.8 Å². The van der Waals surface area contributed by atoms with E-state index in [0.29, 0.717) is 18.5 Å². The average Bonchev–Trinajstić information content (AvgIpc) is 2.72. The summed E-state index contributed by atoms with van der Waals surface area (Å²) in [7, 11) is 1.70. The first-order chi connectivity index (χ1) is 14.3. The Bertz CT molecular complexity index is 518. The summed E-state index contributed by atoms with van der Waals surface area (Å²) in [6.07, 6.45) is 15.1. The summed E-state index contributed by atoms with van der Waals surface area (Å²) in [5.41, 5.74) is 0.615. The lowest BCUT2D eigenvalue weighted by Gasteiger charge is -2.29. The van der Waals surface area contributed by atoms with Gasteiger partial charge >= 0.3 is 0 Å². The Labute approximate surface area is 184 Å². The highest BCUT2D eigenvalue weighted by Gasteiger charge is 2.22. The van der Waals surface area contributed by atoms with Crippen molar-refractivity contribution in [3.8, 4) is 0 Å². The molecule has 0 radical (unpaired) electrons. The lowest BCUT2D eigenvalue weighted by atomic mass is 9.99. The fourth-order valence-electron chi connectivity index (χ4n) is 3.46. The van der Waals surface area contributed by atoms with Gasteiger partial charge in [-0.3, -0.25) is 14.4 Å². The number of unbranched alkanes of at least 4 members (excludes halogenated alkanes) is 9. The zero-order valence-corrected chi connectivity index (χ0v) is 20.0. The molecule has 0 saturated carbocycles. The summed E-state index contributed by atoms with van der Waals surface area (Å²) >= 11 is 0. The Balaban J connectivity index is 4.19. The number of nitrogens with zero attached hydrogens (tertiary/aromatic N) is 1. The van der Waals surface area contributed by atoms with Crippen LogP contribution in [0.1, 0.15) is 91.9 Å². The molecule has 0 fully saturated rings. The molecule has 0 aromatic rings. The molecule has 0 saturated heterocycles. The van der Waals surface area contributed by atoms with Gasteiger partial charge in [0, 0.05) is 19.2 Å². The van der Waals surface area contributed by atoms with Crippen molar-refractivity contribution in [3.63, 3.8) is 0 Å². The largest absolute Gasteiger partial charge is 0.352 e. The maximum absolute atomic E-state index is 12.4. The van der Waals surface area contributed by atoms with Crippen LogP contribution in [0.3, 0.4) is 0 Å². The molecule has 0 spiro atoms. The first-order valence-electron chi connectivity index (χ1n) is 11.7. The van der Waals surface area contributed by atoms with Crippen molar-refractivity contribution in [2.75, 3.05) is 20.1 Å². The zero-order valence-electron chi connectivity index (χ0n) is 20.0. The summed E-state index contributed by atoms with van der Waals surface area (Å²) in [6, 6.07) is -0.200. The molecular weight excluding hydrogens is 378 g/mol. The first kappa shape index (κ1) is 28.1. The molecule has 30 heavy (non-hydrogen) atoms. The highest BCUT2D eigenvalue weighted by molar-refractivity contribution is 5.93. The standard InChI is InChI=1S/C24H45N3O3/c1-6-7-8-9-10-11-12-13-14-15-16-26-24(30)21(4)17-22(20(2)3)27(5)23(29)18-25-19-28/h17,19-20,22H,6-16,18H2,1-5H3,(H,25,28)(H,26,30)/t22-/m1/s1. The number of hydrogen-bond donors (Lipinski definition) is 2. The van der Waals surface area contributed by atoms with E-state index < -0.39 is 0 Å². The van der Waals surface area contributed by atoms with Crippen molar-refractivity contribution in [2.45, 2.75) is 97.9 Å². The zero-order chi connectivity index (χ0) is 22.8. The van der Waals surface area contributed by atoms with E-state index >= 15 is 0 Å². The number of amides is 3. The van der Waals surface area contributed by atoms with Crippen LogP contribution in [0.25, 0.3) is 0 Å². The van der Waals surface area contributed by atoms with Gasteiger partial charge in [-0.05, 0) is 19.3 Å². The number of rotatable bonds is 18. The van der Waals surface area contributed by atoms with Gasteiger partial charge < -0.3 is 15.5 Å². The molecule has 0 aromatic carbocycles. The third-order valence-electron chi connectivity index (χ3n) is 5.46. The van der Waals surface area contributed by atoms with Crippen molar-refractivity contribution < 1.29 is 14.4 Å². The highest BCUT2D eigenvalue weighted by atomic mass is 16.2. The smallest absolute Gasteiger partial charge is 0.246 e. The van der Waals surface area contributed by atoms with Crippen LogP contribution in [0.15, 0.2) is 11.6 Å². The van der Waals surface area contributed by atoms with Crippen LogP contribution >= 0.6 is 0 Å². The summed E-state index contributed by atoms with van der Waals surface area (Å²) < 4.78 is 0. The minimum Gasteiger partial charge on any atom is -0.352 e. The van der Waals surface area contributed by atoms with Crippen LogP contribution in [0.4, 0.5) is 0 Å². The second-order valence-corrected chi connectivity index (χ2v) is 8.53. The molecule has 6 heteroatoms. The Hall–Kier alpha value is -1.85. The SMILES string of the molecule is CCCCCCCCCCCCNC(=O)C(C)=C[C@H](C(C)C)N(C)C(=O)CNC=O. The maximum Gasteiger partial charge on any atom is 0.246 e. The number of carbonyl (C=O) groups is 3. The summed E-state index contributed by atoms with van der Waals surface area (Å²) in [5.74, 6) is -0.112. The van der Waals surface area contributed by atoms with Crippen molar-refractivity contribution in [3.05, 3.63) is 11.6 Å². The molecular formula is C24H45N3O3. The molecule has 174 valence electrons. The molecule has 1 atom stereocenters. The van der Waals surface area contributed by atoms with Crippen LogP contribution in [-0.2, 0) is 14.4 Å². The number of likely N-dealkylation sites (N-methyl/N-ethyl adjacent to an activating group) is 1. The third kappa shape index (κ3) is 13.4. The predicted octanol–water partition coefficient (Wildman–Crippen LogP) is 4.20. The molecule has 0 bridgehead atoms. The monoisotopic (exact) mass is 423 g/mol. The minimum absolute atomic E-state index is 0.0406. The van der Waals surface area contributed by atoms with E-state index in [4.69, 9.17) is 0 Å². The molecule has 0 aliphatic carbocycles. The fraction of sp³-hybridized carbons (Fsp3) is 0.792. The quantitative estimate of drug-likeness (QED) is 0.197. The topological polar surface area (TPSA) is 78.5 Å². The van der Waals surface area contributed by atoms with Gasteiger partial charge in [0.2, 0.25) is 18.2 Å². The molecule has 0 aliphatic heterocycles. The van der Waals surface area contributed by atoms with E-state index in [-0.39, 0.29) is 30.3 Å². The van der Waals surface area contributed by atoms with Gasteiger partial charge in [0.1, 0.15) is 0 Å². The van der Waals surface area contributed by atoms with Gasteiger partial charge in [-0.15, -0.1) is 0 Å². The Morgan fingerprint density at radius 2 is 1.47 bits per heavy atom. The van der Waals surface area contributed by atoms with Gasteiger partial charge in [-0.1, -0.05) is 84.6 Å². The van der Waals surface area contributed by atoms with Crippen molar-refractivity contribution in [1.82, 2.24) is 15.5 Å². The van der Waals surface area contributed by atoms with Gasteiger partial charge in [0.25, 0.3) is 0 Å². The van der Waals surface area contributed by atoms with Crippen molar-refractivity contribution in [2.24, 2.45) is 5.92 Å². The van der Waals surface area contributed by atoms with Crippen molar-refractivity contribution in [1.29, 1.82) is 0 Å². The van der Waals surface area contributed by atoms with Crippen molar-refractivity contribution >= 4 is 18.2 Å². The van der Waals surface area contributed by atoms with Gasteiger partial charge in [0.15, 0.2) is 0 Å². The molecule has 0 aromatic heterocycles. The second kappa shape index (κ2) is 18.0. The Kier molecular flexibility index (Phi) is 16.9. The van der Waals surface area contributed by atoms with Gasteiger partial charge in [-0.2, -0.15) is 0 Å². The minimum atomic E-state index is -0.200. The Morgan fingerprint density at radius 3 is 1.97 bits per heavy atom. The van der Waals surface area contributed by atoms with Gasteiger partial charge in [0.05, 0.1) is 12.6 Å². The van der Waals surface area contributed by atoms with Gasteiger partial charge in [-0.25, -0.2) is 0 Å². The lowest BCUT2D eigenvalue weighted by Crippen LogP contribution is -2.43.